The maximum atomic E-state index is 15.0. The maximum Gasteiger partial charge on any atom is 0.393 e. The molecule has 0 N–H and O–H groups in total. The molecule has 0 amide bonds. The average Bonchev–Trinajstić information content (AvgIpc) is 2.83. The zero-order valence-corrected chi connectivity index (χ0v) is 18.7. The minimum Gasteiger partial charge on any atom is -0.207 e. The van der Waals surface area contributed by atoms with Crippen molar-refractivity contribution in [2.75, 3.05) is 0 Å². The minimum atomic E-state index is -4.51. The molecule has 0 aliphatic heterocycles. The predicted molar refractivity (Wildman–Crippen MR) is 128 cm³/mol. The molecule has 0 heterocycles. The summed E-state index contributed by atoms with van der Waals surface area (Å²) in [5.41, 5.74) is 2.67. The van der Waals surface area contributed by atoms with E-state index >= 15 is 4.39 Å². The third-order valence-corrected chi connectivity index (χ3v) is 5.45. The lowest BCUT2D eigenvalue weighted by Gasteiger charge is -2.07. The van der Waals surface area contributed by atoms with E-state index in [-0.39, 0.29) is 11.1 Å². The first-order chi connectivity index (χ1) is 16.7. The summed E-state index contributed by atoms with van der Waals surface area (Å²) in [6.07, 6.45) is -4.90. The summed E-state index contributed by atoms with van der Waals surface area (Å²) in [6.45, 7) is 2.09. The van der Waals surface area contributed by atoms with E-state index in [1.54, 1.807) is 24.3 Å². The number of fused-ring (bicyclic) bond motifs is 1. The molecule has 0 fully saturated rings. The van der Waals surface area contributed by atoms with Gasteiger partial charge in [0.1, 0.15) is 11.6 Å². The zero-order chi connectivity index (χ0) is 25.0. The second-order valence-electron chi connectivity index (χ2n) is 8.01. The number of aryl methyl sites for hydroxylation is 1. The Kier molecular flexibility index (Phi) is 6.90. The predicted octanol–water partition coefficient (Wildman–Crippen LogP) is 7.58. The fourth-order valence-electron chi connectivity index (χ4n) is 3.56. The van der Waals surface area contributed by atoms with Crippen LogP contribution in [0.2, 0.25) is 0 Å². The highest BCUT2D eigenvalue weighted by atomic mass is 19.4. The molecule has 0 aromatic heterocycles. The monoisotopic (exact) mass is 474 g/mol. The fraction of sp³-hybridized carbons (Fsp3) is 0.133. The second kappa shape index (κ2) is 10.0. The highest BCUT2D eigenvalue weighted by molar-refractivity contribution is 5.86. The number of rotatable bonds is 2. The molecule has 0 saturated carbocycles. The summed E-state index contributed by atoms with van der Waals surface area (Å²) in [5.74, 6) is 9.93. The van der Waals surface area contributed by atoms with Gasteiger partial charge in [0, 0.05) is 22.1 Å². The van der Waals surface area contributed by atoms with E-state index in [0.29, 0.717) is 10.8 Å². The summed E-state index contributed by atoms with van der Waals surface area (Å²) < 4.78 is 66.5. The van der Waals surface area contributed by atoms with Crippen LogP contribution < -0.4 is 0 Å². The number of benzene rings is 4. The molecule has 4 rings (SSSR count). The van der Waals surface area contributed by atoms with Gasteiger partial charge in [-0.05, 0) is 65.4 Å². The number of hydrogen-bond acceptors (Lipinski definition) is 0. The zero-order valence-electron chi connectivity index (χ0n) is 18.7. The van der Waals surface area contributed by atoms with Crippen LogP contribution in [0.1, 0.15) is 40.3 Å². The molecule has 0 aliphatic carbocycles. The van der Waals surface area contributed by atoms with Crippen molar-refractivity contribution in [3.05, 3.63) is 118 Å². The van der Waals surface area contributed by atoms with Gasteiger partial charge in [-0.15, -0.1) is 0 Å². The van der Waals surface area contributed by atoms with Crippen molar-refractivity contribution in [3.8, 4) is 23.7 Å². The van der Waals surface area contributed by atoms with E-state index in [9.17, 15) is 17.6 Å². The number of alkyl halides is 3. The Morgan fingerprint density at radius 3 is 2.00 bits per heavy atom. The molecule has 0 atom stereocenters. The molecule has 4 aromatic carbocycles. The largest absolute Gasteiger partial charge is 0.393 e. The van der Waals surface area contributed by atoms with E-state index in [0.717, 1.165) is 29.7 Å². The SMILES string of the molecule is CCc1ccc(C#Cc2ccc3c(F)c(C#Cc4ccc(CC(F)(F)F)c(F)c4)ccc3c2)cc1. The third kappa shape index (κ3) is 6.08. The summed E-state index contributed by atoms with van der Waals surface area (Å²) in [6, 6.07) is 19.6. The molecule has 5 heteroatoms. The van der Waals surface area contributed by atoms with Crippen molar-refractivity contribution in [1.82, 2.24) is 0 Å². The molecular weight excluding hydrogens is 455 g/mol. The van der Waals surface area contributed by atoms with Crippen molar-refractivity contribution >= 4 is 10.8 Å². The molecular formula is C30H19F5. The van der Waals surface area contributed by atoms with E-state index in [2.05, 4.69) is 30.6 Å². The molecule has 0 aliphatic rings. The molecule has 4 aromatic rings. The third-order valence-electron chi connectivity index (χ3n) is 5.45. The van der Waals surface area contributed by atoms with Crippen LogP contribution in [0, 0.1) is 35.3 Å². The van der Waals surface area contributed by atoms with Crippen LogP contribution in [0.25, 0.3) is 10.8 Å². The van der Waals surface area contributed by atoms with Gasteiger partial charge in [0.05, 0.1) is 12.0 Å². The van der Waals surface area contributed by atoms with Crippen molar-refractivity contribution in [2.45, 2.75) is 25.9 Å². The second-order valence-corrected chi connectivity index (χ2v) is 8.01. The molecule has 35 heavy (non-hydrogen) atoms. The number of halogens is 5. The lowest BCUT2D eigenvalue weighted by molar-refractivity contribution is -0.127. The molecule has 0 nitrogen and oxygen atoms in total. The van der Waals surface area contributed by atoms with Crippen LogP contribution in [0.15, 0.2) is 72.8 Å². The first-order valence-corrected chi connectivity index (χ1v) is 10.9. The van der Waals surface area contributed by atoms with Crippen molar-refractivity contribution in [3.63, 3.8) is 0 Å². The van der Waals surface area contributed by atoms with Crippen LogP contribution in [0.3, 0.4) is 0 Å². The van der Waals surface area contributed by atoms with Crippen molar-refractivity contribution < 1.29 is 22.0 Å². The van der Waals surface area contributed by atoms with E-state index < -0.39 is 29.8 Å². The van der Waals surface area contributed by atoms with E-state index in [4.69, 9.17) is 0 Å². The topological polar surface area (TPSA) is 0 Å². The highest BCUT2D eigenvalue weighted by Gasteiger charge is 2.29. The smallest absolute Gasteiger partial charge is 0.207 e. The summed E-state index contributed by atoms with van der Waals surface area (Å²) in [7, 11) is 0. The quantitative estimate of drug-likeness (QED) is 0.207. The normalized spacial score (nSPS) is 10.9. The Balaban J connectivity index is 1.57. The van der Waals surface area contributed by atoms with Crippen LogP contribution in [0.4, 0.5) is 22.0 Å². The fourth-order valence-corrected chi connectivity index (χ4v) is 3.56. The van der Waals surface area contributed by atoms with Crippen LogP contribution in [0.5, 0.6) is 0 Å². The van der Waals surface area contributed by atoms with Gasteiger partial charge in [0.25, 0.3) is 0 Å². The van der Waals surface area contributed by atoms with Gasteiger partial charge in [-0.1, -0.05) is 60.9 Å². The van der Waals surface area contributed by atoms with Crippen molar-refractivity contribution in [2.24, 2.45) is 0 Å². The maximum absolute atomic E-state index is 15.0. The van der Waals surface area contributed by atoms with Gasteiger partial charge >= 0.3 is 6.18 Å². The Labute approximate surface area is 200 Å². The van der Waals surface area contributed by atoms with E-state index in [1.165, 1.54) is 17.7 Å². The standard InChI is InChI=1S/C30H19F5/c1-2-20-3-5-21(6-4-20)7-8-22-11-16-27-25(17-22)15-14-24(29(27)32)12-9-23-10-13-26(28(31)18-23)19-30(33,34)35/h3-6,10-11,13-18H,2,19H2,1H3. The minimum absolute atomic E-state index is 0.104. The van der Waals surface area contributed by atoms with Crippen molar-refractivity contribution in [1.29, 1.82) is 0 Å². The average molecular weight is 474 g/mol. The van der Waals surface area contributed by atoms with Crippen LogP contribution >= 0.6 is 0 Å². The Bertz CT molecular complexity index is 1500. The molecule has 0 spiro atoms. The summed E-state index contributed by atoms with van der Waals surface area (Å²) in [4.78, 5) is 0. The lowest BCUT2D eigenvalue weighted by atomic mass is 10.0. The Hall–Kier alpha value is -4.09. The lowest BCUT2D eigenvalue weighted by Crippen LogP contribution is -2.12. The van der Waals surface area contributed by atoms with E-state index in [1.807, 2.05) is 24.3 Å². The summed E-state index contributed by atoms with van der Waals surface area (Å²) >= 11 is 0. The molecule has 0 radical (unpaired) electrons. The molecule has 174 valence electrons. The Morgan fingerprint density at radius 1 is 0.686 bits per heavy atom. The molecule has 0 unspecified atom stereocenters. The van der Waals surface area contributed by atoms with Gasteiger partial charge in [0.15, 0.2) is 0 Å². The molecule has 0 bridgehead atoms. The van der Waals surface area contributed by atoms with Gasteiger partial charge in [-0.25, -0.2) is 8.78 Å². The first-order valence-electron chi connectivity index (χ1n) is 10.9. The van der Waals surface area contributed by atoms with Gasteiger partial charge in [-0.2, -0.15) is 13.2 Å². The first kappa shape index (κ1) is 24.0. The van der Waals surface area contributed by atoms with Crippen LogP contribution in [-0.2, 0) is 12.8 Å². The van der Waals surface area contributed by atoms with Crippen LogP contribution in [-0.4, -0.2) is 6.18 Å². The van der Waals surface area contributed by atoms with Gasteiger partial charge in [0.2, 0.25) is 0 Å². The Morgan fingerprint density at radius 2 is 1.31 bits per heavy atom. The summed E-state index contributed by atoms with van der Waals surface area (Å²) in [5, 5.41) is 1.02. The molecule has 0 saturated heterocycles. The van der Waals surface area contributed by atoms with Gasteiger partial charge < -0.3 is 0 Å². The highest BCUT2D eigenvalue weighted by Crippen LogP contribution is 2.24. The number of hydrogen-bond donors (Lipinski definition) is 0. The van der Waals surface area contributed by atoms with Gasteiger partial charge in [-0.3, -0.25) is 0 Å².